The van der Waals surface area contributed by atoms with Crippen LogP contribution in [0.25, 0.3) is 0 Å². The normalized spacial score (nSPS) is 25.3. The van der Waals surface area contributed by atoms with E-state index >= 15 is 0 Å². The first-order valence-corrected chi connectivity index (χ1v) is 5.62. The van der Waals surface area contributed by atoms with Crippen LogP contribution in [0.2, 0.25) is 0 Å². The van der Waals surface area contributed by atoms with Gasteiger partial charge in [0, 0.05) is 6.42 Å². The van der Waals surface area contributed by atoms with Crippen LogP contribution in [0, 0.1) is 5.92 Å². The predicted octanol–water partition coefficient (Wildman–Crippen LogP) is 2.52. The van der Waals surface area contributed by atoms with Crippen molar-refractivity contribution in [2.45, 2.75) is 59.2 Å². The molecule has 1 unspecified atom stereocenters. The second kappa shape index (κ2) is 4.07. The van der Waals surface area contributed by atoms with Crippen LogP contribution >= 0.6 is 0 Å². The molecule has 0 aromatic rings. The number of esters is 1. The molecule has 0 bridgehead atoms. The summed E-state index contributed by atoms with van der Waals surface area (Å²) in [4.78, 5) is 17.2. The lowest BCUT2D eigenvalue weighted by Gasteiger charge is -2.26. The van der Waals surface area contributed by atoms with Crippen molar-refractivity contribution in [1.82, 2.24) is 0 Å². The number of carbonyl (C=O) groups is 1. The SMILES string of the molecule is CC(C)C1=NOC(C)(C(=O)OC(C)(C)C)C1. The summed E-state index contributed by atoms with van der Waals surface area (Å²) in [7, 11) is 0. The summed E-state index contributed by atoms with van der Waals surface area (Å²) in [5, 5.41) is 3.96. The second-order valence-corrected chi connectivity index (χ2v) is 5.74. The van der Waals surface area contributed by atoms with Crippen LogP contribution in [0.4, 0.5) is 0 Å². The average molecular weight is 227 g/mol. The van der Waals surface area contributed by atoms with Gasteiger partial charge < -0.3 is 9.57 Å². The molecule has 92 valence electrons. The number of rotatable bonds is 2. The van der Waals surface area contributed by atoms with Crippen LogP contribution in [0.15, 0.2) is 5.16 Å². The molecule has 0 aromatic heterocycles. The molecule has 1 atom stereocenters. The fourth-order valence-corrected chi connectivity index (χ4v) is 1.37. The molecule has 0 saturated carbocycles. The Morgan fingerprint density at radius 2 is 2.06 bits per heavy atom. The van der Waals surface area contributed by atoms with Crippen LogP contribution in [0.3, 0.4) is 0 Å². The lowest BCUT2D eigenvalue weighted by atomic mass is 9.94. The summed E-state index contributed by atoms with van der Waals surface area (Å²) in [5.41, 5.74) is -0.537. The standard InChI is InChI=1S/C12H21NO3/c1-8(2)9-7-12(6,16-13-9)10(14)15-11(3,4)5/h8H,7H2,1-6H3. The molecule has 4 nitrogen and oxygen atoms in total. The van der Waals surface area contributed by atoms with Crippen molar-refractivity contribution in [2.75, 3.05) is 0 Å². The topological polar surface area (TPSA) is 47.9 Å². The summed E-state index contributed by atoms with van der Waals surface area (Å²) in [5.74, 6) is -0.0522. The molecule has 1 aliphatic rings. The minimum Gasteiger partial charge on any atom is -0.457 e. The molecule has 0 spiro atoms. The summed E-state index contributed by atoms with van der Waals surface area (Å²) >= 11 is 0. The summed E-state index contributed by atoms with van der Waals surface area (Å²) in [6, 6.07) is 0. The number of hydrogen-bond acceptors (Lipinski definition) is 4. The van der Waals surface area contributed by atoms with Crippen molar-refractivity contribution >= 4 is 11.7 Å². The third kappa shape index (κ3) is 2.97. The van der Waals surface area contributed by atoms with E-state index in [0.717, 1.165) is 5.71 Å². The quantitative estimate of drug-likeness (QED) is 0.681. The molecule has 0 radical (unpaired) electrons. The molecule has 0 fully saturated rings. The van der Waals surface area contributed by atoms with E-state index < -0.39 is 11.2 Å². The van der Waals surface area contributed by atoms with E-state index in [9.17, 15) is 4.79 Å². The summed E-state index contributed by atoms with van der Waals surface area (Å²) in [6.07, 6.45) is 0.513. The molecule has 16 heavy (non-hydrogen) atoms. The highest BCUT2D eigenvalue weighted by molar-refractivity contribution is 5.94. The third-order valence-electron chi connectivity index (χ3n) is 2.38. The first-order valence-electron chi connectivity index (χ1n) is 5.62. The lowest BCUT2D eigenvalue weighted by Crippen LogP contribution is -2.41. The van der Waals surface area contributed by atoms with Crippen LogP contribution < -0.4 is 0 Å². The summed E-state index contributed by atoms with van der Waals surface area (Å²) < 4.78 is 5.32. The first-order chi connectivity index (χ1) is 7.14. The highest BCUT2D eigenvalue weighted by atomic mass is 16.7. The molecule has 0 amide bonds. The number of nitrogens with zero attached hydrogens (tertiary/aromatic N) is 1. The Kier molecular flexibility index (Phi) is 3.31. The van der Waals surface area contributed by atoms with Crippen LogP contribution in [-0.2, 0) is 14.4 Å². The fourth-order valence-electron chi connectivity index (χ4n) is 1.37. The van der Waals surface area contributed by atoms with Gasteiger partial charge in [-0.15, -0.1) is 0 Å². The van der Waals surface area contributed by atoms with Gasteiger partial charge in [-0.3, -0.25) is 0 Å². The van der Waals surface area contributed by atoms with Gasteiger partial charge in [-0.1, -0.05) is 19.0 Å². The van der Waals surface area contributed by atoms with E-state index in [1.807, 2.05) is 34.6 Å². The second-order valence-electron chi connectivity index (χ2n) is 5.74. The number of carbonyl (C=O) groups excluding carboxylic acids is 1. The van der Waals surface area contributed by atoms with Gasteiger partial charge in [0.05, 0.1) is 5.71 Å². The molecule has 1 heterocycles. The molecular formula is C12H21NO3. The van der Waals surface area contributed by atoms with Crippen LogP contribution in [0.5, 0.6) is 0 Å². The molecular weight excluding hydrogens is 206 g/mol. The molecule has 0 aromatic carbocycles. The Labute approximate surface area is 97.0 Å². The largest absolute Gasteiger partial charge is 0.457 e. The van der Waals surface area contributed by atoms with E-state index in [4.69, 9.17) is 9.57 Å². The zero-order valence-corrected chi connectivity index (χ0v) is 11.0. The molecule has 4 heteroatoms. The van der Waals surface area contributed by atoms with Crippen molar-refractivity contribution < 1.29 is 14.4 Å². The van der Waals surface area contributed by atoms with Gasteiger partial charge in [-0.05, 0) is 33.6 Å². The smallest absolute Gasteiger partial charge is 0.353 e. The zero-order valence-electron chi connectivity index (χ0n) is 11.0. The van der Waals surface area contributed by atoms with E-state index in [1.165, 1.54) is 0 Å². The van der Waals surface area contributed by atoms with Gasteiger partial charge in [0.1, 0.15) is 5.60 Å². The Balaban J connectivity index is 2.66. The Hall–Kier alpha value is -1.06. The van der Waals surface area contributed by atoms with Gasteiger partial charge in [0.15, 0.2) is 0 Å². The Bertz CT molecular complexity index is 315. The zero-order chi connectivity index (χ0) is 12.6. The van der Waals surface area contributed by atoms with Crippen LogP contribution in [-0.4, -0.2) is 22.9 Å². The van der Waals surface area contributed by atoms with Crippen molar-refractivity contribution in [3.05, 3.63) is 0 Å². The minimum atomic E-state index is -0.952. The van der Waals surface area contributed by atoms with E-state index in [2.05, 4.69) is 5.16 Å². The highest BCUT2D eigenvalue weighted by Gasteiger charge is 2.45. The van der Waals surface area contributed by atoms with E-state index in [0.29, 0.717) is 12.3 Å². The summed E-state index contributed by atoms with van der Waals surface area (Å²) in [6.45, 7) is 11.3. The van der Waals surface area contributed by atoms with Crippen molar-refractivity contribution in [1.29, 1.82) is 0 Å². The van der Waals surface area contributed by atoms with E-state index in [-0.39, 0.29) is 5.97 Å². The van der Waals surface area contributed by atoms with Gasteiger partial charge in [0.2, 0.25) is 5.60 Å². The van der Waals surface area contributed by atoms with Gasteiger partial charge in [-0.25, -0.2) is 4.79 Å². The van der Waals surface area contributed by atoms with Gasteiger partial charge in [-0.2, -0.15) is 0 Å². The van der Waals surface area contributed by atoms with Crippen molar-refractivity contribution in [2.24, 2.45) is 11.1 Å². The number of oxime groups is 1. The number of ether oxygens (including phenoxy) is 1. The molecule has 0 saturated heterocycles. The highest BCUT2D eigenvalue weighted by Crippen LogP contribution is 2.29. The van der Waals surface area contributed by atoms with Gasteiger partial charge in [0.25, 0.3) is 0 Å². The maximum atomic E-state index is 11.9. The minimum absolute atomic E-state index is 0.296. The van der Waals surface area contributed by atoms with Crippen molar-refractivity contribution in [3.63, 3.8) is 0 Å². The Morgan fingerprint density at radius 3 is 2.44 bits per heavy atom. The Morgan fingerprint density at radius 1 is 1.50 bits per heavy atom. The van der Waals surface area contributed by atoms with Crippen molar-refractivity contribution in [3.8, 4) is 0 Å². The first kappa shape index (κ1) is 13.0. The molecule has 0 aliphatic carbocycles. The maximum Gasteiger partial charge on any atom is 0.353 e. The molecule has 1 rings (SSSR count). The van der Waals surface area contributed by atoms with Gasteiger partial charge >= 0.3 is 5.97 Å². The van der Waals surface area contributed by atoms with Crippen LogP contribution in [0.1, 0.15) is 48.0 Å². The van der Waals surface area contributed by atoms with E-state index in [1.54, 1.807) is 6.92 Å². The number of hydrogen-bond donors (Lipinski definition) is 0. The average Bonchev–Trinajstić information content (AvgIpc) is 2.46. The monoisotopic (exact) mass is 227 g/mol. The third-order valence-corrected chi connectivity index (χ3v) is 2.38. The molecule has 1 aliphatic heterocycles. The molecule has 0 N–H and O–H groups in total. The maximum absolute atomic E-state index is 11.9. The fraction of sp³-hybridized carbons (Fsp3) is 0.833. The lowest BCUT2D eigenvalue weighted by molar-refractivity contribution is -0.178. The predicted molar refractivity (Wildman–Crippen MR) is 62.2 cm³/mol.